The molecule has 0 aliphatic carbocycles. The van der Waals surface area contributed by atoms with Gasteiger partial charge in [0, 0.05) is 26.7 Å². The Hall–Kier alpha value is -2.17. The molecule has 1 N–H and O–H groups in total. The molecule has 0 atom stereocenters. The number of carboxylic acid groups (broad SMARTS) is 1. The molecule has 17 heavy (non-hydrogen) atoms. The SMILES string of the molecule is [2H]c1c(C([2H])([2H])[2H])nc2c(c1[2H])c(=O)c(C(=O)O)cn2CC([2H])([2H])[2H]. The number of rotatable bonds is 2. The third-order valence-corrected chi connectivity index (χ3v) is 2.18. The lowest BCUT2D eigenvalue weighted by atomic mass is 10.2. The third kappa shape index (κ3) is 1.80. The maximum atomic E-state index is 12.3. The summed E-state index contributed by atoms with van der Waals surface area (Å²) in [5.74, 6) is -1.64. The number of nitrogens with zero attached hydrogens (tertiary/aromatic N) is 2. The smallest absolute Gasteiger partial charge is 0.341 e. The zero-order chi connectivity index (χ0) is 19.3. The lowest BCUT2D eigenvalue weighted by Crippen LogP contribution is -2.19. The minimum absolute atomic E-state index is 0.460. The summed E-state index contributed by atoms with van der Waals surface area (Å²) in [6, 6.07) is -1.66. The van der Waals surface area contributed by atoms with Crippen LogP contribution < -0.4 is 5.43 Å². The first-order valence-electron chi connectivity index (χ1n) is 8.52. The van der Waals surface area contributed by atoms with E-state index in [1.807, 2.05) is 0 Å². The predicted octanol–water partition coefficient (Wildman–Crippen LogP) is 1.42. The maximum Gasteiger partial charge on any atom is 0.341 e. The summed E-state index contributed by atoms with van der Waals surface area (Å²) in [5, 5.41) is 8.51. The fourth-order valence-electron chi connectivity index (χ4n) is 1.42. The van der Waals surface area contributed by atoms with Crippen molar-refractivity contribution in [3.63, 3.8) is 0 Å². The minimum Gasteiger partial charge on any atom is -0.477 e. The van der Waals surface area contributed by atoms with Crippen LogP contribution in [0, 0.1) is 6.85 Å². The van der Waals surface area contributed by atoms with Crippen molar-refractivity contribution in [1.29, 1.82) is 0 Å². The van der Waals surface area contributed by atoms with E-state index in [-0.39, 0.29) is 0 Å². The number of aromatic carboxylic acids is 1. The summed E-state index contributed by atoms with van der Waals surface area (Å²) in [6.07, 6.45) is 0.749. The van der Waals surface area contributed by atoms with E-state index in [0.29, 0.717) is 0 Å². The molecule has 0 aliphatic heterocycles. The molecule has 5 heteroatoms. The number of pyridine rings is 2. The first-order chi connectivity index (χ1) is 11.2. The van der Waals surface area contributed by atoms with E-state index in [0.717, 1.165) is 10.8 Å². The van der Waals surface area contributed by atoms with Gasteiger partial charge in [-0.25, -0.2) is 9.78 Å². The van der Waals surface area contributed by atoms with Gasteiger partial charge in [0.25, 0.3) is 0 Å². The van der Waals surface area contributed by atoms with E-state index in [1.165, 1.54) is 0 Å². The normalized spacial score (nSPS) is 19.1. The fraction of sp³-hybridized carbons (Fsp3) is 0.250. The third-order valence-electron chi connectivity index (χ3n) is 2.18. The summed E-state index contributed by atoms with van der Waals surface area (Å²) in [4.78, 5) is 27.2. The van der Waals surface area contributed by atoms with Crippen LogP contribution in [0.5, 0.6) is 0 Å². The van der Waals surface area contributed by atoms with Crippen LogP contribution in [0.1, 0.15) is 33.9 Å². The molecule has 2 rings (SSSR count). The molecule has 2 aromatic heterocycles. The molecule has 0 radical (unpaired) electrons. The number of hydrogen-bond donors (Lipinski definition) is 1. The maximum absolute atomic E-state index is 12.3. The lowest BCUT2D eigenvalue weighted by Gasteiger charge is -2.09. The zero-order valence-electron chi connectivity index (χ0n) is 16.4. The predicted molar refractivity (Wildman–Crippen MR) is 63.4 cm³/mol. The molecule has 0 fully saturated rings. The zero-order valence-corrected chi connectivity index (χ0v) is 8.44. The Labute approximate surface area is 109 Å². The van der Waals surface area contributed by atoms with Crippen molar-refractivity contribution in [3.8, 4) is 0 Å². The summed E-state index contributed by atoms with van der Waals surface area (Å²) in [5.41, 5.74) is -3.16. The van der Waals surface area contributed by atoms with E-state index in [4.69, 9.17) is 16.1 Å². The number of aryl methyl sites for hydroxylation is 2. The van der Waals surface area contributed by atoms with Crippen LogP contribution in [0.25, 0.3) is 11.0 Å². The van der Waals surface area contributed by atoms with Crippen molar-refractivity contribution in [2.45, 2.75) is 20.2 Å². The standard InChI is InChI=1S/C12H12N2O3/c1-3-14-6-9(12(16)17)10(15)8-5-4-7(2)13-11(8)14/h4-6H,3H2,1-2H3,(H,16,17)/i1D3,2D3,4D,5D. The summed E-state index contributed by atoms with van der Waals surface area (Å²) >= 11 is 0. The minimum atomic E-state index is -2.87. The van der Waals surface area contributed by atoms with Crippen LogP contribution in [0.2, 0.25) is 0 Å². The van der Waals surface area contributed by atoms with Crippen LogP contribution in [0.3, 0.4) is 0 Å². The molecule has 0 aliphatic rings. The van der Waals surface area contributed by atoms with Crippen molar-refractivity contribution in [1.82, 2.24) is 9.55 Å². The number of aromatic nitrogens is 2. The van der Waals surface area contributed by atoms with Crippen LogP contribution in [-0.2, 0) is 6.54 Å². The van der Waals surface area contributed by atoms with E-state index in [2.05, 4.69) is 4.98 Å². The molecule has 2 heterocycles. The molecule has 2 aromatic rings. The molecule has 0 spiro atoms. The Morgan fingerprint density at radius 3 is 3.12 bits per heavy atom. The average Bonchev–Trinajstić information content (AvgIpc) is 2.41. The topological polar surface area (TPSA) is 72.2 Å². The van der Waals surface area contributed by atoms with Crippen molar-refractivity contribution in [2.24, 2.45) is 0 Å². The van der Waals surface area contributed by atoms with Crippen molar-refractivity contribution in [3.05, 3.63) is 39.8 Å². The number of carbonyl (C=O) groups is 1. The van der Waals surface area contributed by atoms with Gasteiger partial charge in [-0.3, -0.25) is 4.79 Å². The van der Waals surface area contributed by atoms with Crippen molar-refractivity contribution in [2.75, 3.05) is 0 Å². The molecule has 0 amide bonds. The first kappa shape index (κ1) is 5.00. The van der Waals surface area contributed by atoms with Gasteiger partial charge in [-0.1, -0.05) is 0 Å². The summed E-state index contributed by atoms with van der Waals surface area (Å²) < 4.78 is 60.5. The molecule has 0 bridgehead atoms. The molecule has 0 saturated heterocycles. The van der Waals surface area contributed by atoms with Crippen molar-refractivity contribution < 1.29 is 20.9 Å². The first-order valence-corrected chi connectivity index (χ1v) is 4.52. The van der Waals surface area contributed by atoms with Gasteiger partial charge in [-0.05, 0) is 25.8 Å². The van der Waals surface area contributed by atoms with Crippen LogP contribution in [-0.4, -0.2) is 20.6 Å². The Morgan fingerprint density at radius 1 is 1.65 bits per heavy atom. The Morgan fingerprint density at radius 2 is 2.47 bits per heavy atom. The van der Waals surface area contributed by atoms with Gasteiger partial charge in [0.1, 0.15) is 11.2 Å². The van der Waals surface area contributed by atoms with Gasteiger partial charge in [-0.2, -0.15) is 0 Å². The second-order valence-electron chi connectivity index (χ2n) is 3.21. The quantitative estimate of drug-likeness (QED) is 0.861. The van der Waals surface area contributed by atoms with E-state index in [9.17, 15) is 9.59 Å². The molecule has 0 aromatic carbocycles. The van der Waals surface area contributed by atoms with Crippen LogP contribution >= 0.6 is 0 Å². The van der Waals surface area contributed by atoms with Gasteiger partial charge >= 0.3 is 5.97 Å². The fourth-order valence-corrected chi connectivity index (χ4v) is 1.42. The van der Waals surface area contributed by atoms with E-state index < -0.39 is 66.0 Å². The second kappa shape index (κ2) is 4.01. The molecule has 5 nitrogen and oxygen atoms in total. The van der Waals surface area contributed by atoms with Gasteiger partial charge < -0.3 is 9.67 Å². The van der Waals surface area contributed by atoms with E-state index in [1.54, 1.807) is 0 Å². The van der Waals surface area contributed by atoms with Crippen LogP contribution in [0.15, 0.2) is 23.1 Å². The van der Waals surface area contributed by atoms with Crippen LogP contribution in [0.4, 0.5) is 0 Å². The number of hydrogen-bond acceptors (Lipinski definition) is 3. The van der Waals surface area contributed by atoms with Gasteiger partial charge in [-0.15, -0.1) is 0 Å². The molecular formula is C12H12N2O3. The van der Waals surface area contributed by atoms with E-state index >= 15 is 0 Å². The molecule has 88 valence electrons. The highest BCUT2D eigenvalue weighted by atomic mass is 16.4. The average molecular weight is 240 g/mol. The second-order valence-corrected chi connectivity index (χ2v) is 3.21. The van der Waals surface area contributed by atoms with Gasteiger partial charge in [0.2, 0.25) is 5.43 Å². The highest BCUT2D eigenvalue weighted by Gasteiger charge is 2.14. The Balaban J connectivity index is 3.04. The molecular weight excluding hydrogens is 220 g/mol. The highest BCUT2D eigenvalue weighted by molar-refractivity contribution is 5.91. The summed E-state index contributed by atoms with van der Waals surface area (Å²) in [7, 11) is 0. The Kier molecular flexibility index (Phi) is 1.18. The van der Waals surface area contributed by atoms with Gasteiger partial charge in [0.05, 0.1) is 8.13 Å². The Bertz CT molecular complexity index is 929. The van der Waals surface area contributed by atoms with Crippen molar-refractivity contribution >= 4 is 17.0 Å². The largest absolute Gasteiger partial charge is 0.477 e. The summed E-state index contributed by atoms with van der Waals surface area (Å²) in [6.45, 7) is -6.21. The number of carboxylic acids is 1. The monoisotopic (exact) mass is 240 g/mol. The lowest BCUT2D eigenvalue weighted by molar-refractivity contribution is 0.0695. The molecule has 0 saturated carbocycles. The number of fused-ring (bicyclic) bond motifs is 1. The van der Waals surface area contributed by atoms with Gasteiger partial charge in [0.15, 0.2) is 0 Å². The molecule has 0 unspecified atom stereocenters. The highest BCUT2D eigenvalue weighted by Crippen LogP contribution is 2.10.